The van der Waals surface area contributed by atoms with Gasteiger partial charge in [0.15, 0.2) is 0 Å². The first kappa shape index (κ1) is 18.2. The van der Waals surface area contributed by atoms with E-state index in [1.807, 2.05) is 19.2 Å². The third-order valence-electron chi connectivity index (χ3n) is 5.66. The Labute approximate surface area is 162 Å². The van der Waals surface area contributed by atoms with Crippen LogP contribution in [0.5, 0.6) is 0 Å². The van der Waals surface area contributed by atoms with Gasteiger partial charge in [0.05, 0.1) is 11.3 Å². The molecule has 0 bridgehead atoms. The highest BCUT2D eigenvalue weighted by molar-refractivity contribution is 7.10. The van der Waals surface area contributed by atoms with E-state index in [9.17, 15) is 9.59 Å². The summed E-state index contributed by atoms with van der Waals surface area (Å²) in [6, 6.07) is -0.465. The molecule has 1 saturated heterocycles. The summed E-state index contributed by atoms with van der Waals surface area (Å²) >= 11 is 1.63. The van der Waals surface area contributed by atoms with Gasteiger partial charge < -0.3 is 15.2 Å². The summed E-state index contributed by atoms with van der Waals surface area (Å²) in [5, 5.41) is 5.98. The number of hydrogen-bond donors (Lipinski definition) is 1. The van der Waals surface area contributed by atoms with Gasteiger partial charge in [-0.3, -0.25) is 14.5 Å². The molecule has 0 unspecified atom stereocenters. The number of amides is 2. The van der Waals surface area contributed by atoms with Gasteiger partial charge in [0, 0.05) is 42.0 Å². The molecule has 0 aromatic carbocycles. The minimum Gasteiger partial charge on any atom is -0.368 e. The molecule has 0 spiro atoms. The van der Waals surface area contributed by atoms with Crippen molar-refractivity contribution < 1.29 is 14.1 Å². The van der Waals surface area contributed by atoms with Crippen molar-refractivity contribution in [2.24, 2.45) is 5.73 Å². The number of aryl methyl sites for hydroxylation is 2. The van der Waals surface area contributed by atoms with Gasteiger partial charge >= 0.3 is 0 Å². The fourth-order valence-corrected chi connectivity index (χ4v) is 5.22. The number of fused-ring (bicyclic) bond motifs is 1. The smallest absolute Gasteiger partial charge is 0.255 e. The number of carbonyl (C=O) groups excluding carboxylic acids is 2. The van der Waals surface area contributed by atoms with Crippen LogP contribution in [0, 0.1) is 13.8 Å². The van der Waals surface area contributed by atoms with E-state index in [0.29, 0.717) is 13.0 Å². The second-order valence-electron chi connectivity index (χ2n) is 7.37. The molecule has 2 aliphatic rings. The molecule has 1 fully saturated rings. The van der Waals surface area contributed by atoms with E-state index in [1.54, 1.807) is 16.2 Å². The maximum Gasteiger partial charge on any atom is 0.255 e. The van der Waals surface area contributed by atoms with Crippen molar-refractivity contribution >= 4 is 23.2 Å². The lowest BCUT2D eigenvalue weighted by Crippen LogP contribution is -2.44. The van der Waals surface area contributed by atoms with Gasteiger partial charge in [-0.25, -0.2) is 0 Å². The van der Waals surface area contributed by atoms with E-state index < -0.39 is 11.9 Å². The topological polar surface area (TPSA) is 92.7 Å². The van der Waals surface area contributed by atoms with E-state index in [0.717, 1.165) is 60.6 Å². The first-order valence-corrected chi connectivity index (χ1v) is 10.2. The van der Waals surface area contributed by atoms with Crippen LogP contribution < -0.4 is 5.73 Å². The van der Waals surface area contributed by atoms with Crippen molar-refractivity contribution in [3.05, 3.63) is 38.4 Å². The van der Waals surface area contributed by atoms with Gasteiger partial charge in [-0.15, -0.1) is 11.3 Å². The fourth-order valence-electron chi connectivity index (χ4n) is 4.11. The molecule has 4 rings (SSSR count). The minimum absolute atomic E-state index is 0.0482. The van der Waals surface area contributed by atoms with Crippen LogP contribution in [0.1, 0.15) is 50.7 Å². The number of aromatic nitrogens is 1. The molecule has 1 atom stereocenters. The van der Waals surface area contributed by atoms with Gasteiger partial charge in [-0.05, 0) is 38.7 Å². The van der Waals surface area contributed by atoms with Crippen molar-refractivity contribution in [3.8, 4) is 0 Å². The highest BCUT2D eigenvalue weighted by Gasteiger charge is 2.35. The van der Waals surface area contributed by atoms with Crippen LogP contribution in [0.2, 0.25) is 0 Å². The zero-order valence-corrected chi connectivity index (χ0v) is 16.5. The first-order valence-electron chi connectivity index (χ1n) is 9.29. The van der Waals surface area contributed by atoms with Crippen LogP contribution >= 0.6 is 11.3 Å². The fraction of sp³-hybridized carbons (Fsp3) is 0.526. The van der Waals surface area contributed by atoms with Crippen molar-refractivity contribution in [1.82, 2.24) is 15.0 Å². The number of primary amides is 1. The van der Waals surface area contributed by atoms with Crippen molar-refractivity contribution in [2.75, 3.05) is 13.1 Å². The van der Waals surface area contributed by atoms with Gasteiger partial charge in [0.1, 0.15) is 11.8 Å². The van der Waals surface area contributed by atoms with Crippen LogP contribution in [0.3, 0.4) is 0 Å². The maximum atomic E-state index is 13.0. The van der Waals surface area contributed by atoms with E-state index in [1.165, 1.54) is 4.88 Å². The molecule has 4 heterocycles. The molecule has 8 heteroatoms. The SMILES string of the molecule is Cc1noc(C)c1CN1CCc2c(C(=O)N3CCC[C@@H]3C(N)=O)csc2C1. The molecule has 2 aliphatic heterocycles. The maximum absolute atomic E-state index is 13.0. The average Bonchev–Trinajstić information content (AvgIpc) is 3.36. The molecule has 2 aromatic heterocycles. The van der Waals surface area contributed by atoms with Crippen molar-refractivity contribution in [3.63, 3.8) is 0 Å². The molecule has 0 aliphatic carbocycles. The summed E-state index contributed by atoms with van der Waals surface area (Å²) < 4.78 is 5.27. The van der Waals surface area contributed by atoms with Gasteiger partial charge in [-0.1, -0.05) is 5.16 Å². The largest absolute Gasteiger partial charge is 0.368 e. The number of thiophene rings is 1. The number of likely N-dealkylation sites (tertiary alicyclic amines) is 1. The highest BCUT2D eigenvalue weighted by atomic mass is 32.1. The second kappa shape index (κ2) is 7.09. The predicted octanol–water partition coefficient (Wildman–Crippen LogP) is 2.00. The van der Waals surface area contributed by atoms with Crippen LogP contribution in [0.25, 0.3) is 0 Å². The predicted molar refractivity (Wildman–Crippen MR) is 101 cm³/mol. The first-order chi connectivity index (χ1) is 13.0. The molecule has 0 radical (unpaired) electrons. The van der Waals surface area contributed by atoms with Gasteiger partial charge in [0.25, 0.3) is 5.91 Å². The monoisotopic (exact) mass is 388 g/mol. The normalized spacial score (nSPS) is 20.1. The molecule has 0 saturated carbocycles. The Morgan fingerprint density at radius 1 is 1.37 bits per heavy atom. The quantitative estimate of drug-likeness (QED) is 0.865. The summed E-state index contributed by atoms with van der Waals surface area (Å²) in [6.45, 7) is 7.02. The molecule has 27 heavy (non-hydrogen) atoms. The second-order valence-corrected chi connectivity index (χ2v) is 8.34. The van der Waals surface area contributed by atoms with Crippen LogP contribution in [0.15, 0.2) is 9.90 Å². The number of rotatable bonds is 4. The van der Waals surface area contributed by atoms with Gasteiger partial charge in [0.2, 0.25) is 5.91 Å². The lowest BCUT2D eigenvalue weighted by molar-refractivity contribution is -0.121. The van der Waals surface area contributed by atoms with Crippen LogP contribution in [-0.2, 0) is 24.3 Å². The Hall–Kier alpha value is -2.19. The highest BCUT2D eigenvalue weighted by Crippen LogP contribution is 2.32. The summed E-state index contributed by atoms with van der Waals surface area (Å²) in [6.07, 6.45) is 2.33. The lowest BCUT2D eigenvalue weighted by atomic mass is 10.0. The molecule has 144 valence electrons. The molecular weight excluding hydrogens is 364 g/mol. The van der Waals surface area contributed by atoms with E-state index in [-0.39, 0.29) is 5.91 Å². The molecule has 2 aromatic rings. The lowest BCUT2D eigenvalue weighted by Gasteiger charge is -2.28. The van der Waals surface area contributed by atoms with Crippen LogP contribution in [-0.4, -0.2) is 45.9 Å². The Kier molecular flexibility index (Phi) is 4.77. The Morgan fingerprint density at radius 2 is 2.19 bits per heavy atom. The number of hydrogen-bond acceptors (Lipinski definition) is 6. The number of nitrogens with two attached hydrogens (primary N) is 1. The van der Waals surface area contributed by atoms with E-state index >= 15 is 0 Å². The Balaban J connectivity index is 1.50. The third-order valence-corrected chi connectivity index (χ3v) is 6.67. The zero-order valence-electron chi connectivity index (χ0n) is 15.7. The number of nitrogens with zero attached hydrogens (tertiary/aromatic N) is 3. The molecule has 2 amide bonds. The van der Waals surface area contributed by atoms with E-state index in [2.05, 4.69) is 10.1 Å². The minimum atomic E-state index is -0.465. The summed E-state index contributed by atoms with van der Waals surface area (Å²) in [4.78, 5) is 29.9. The van der Waals surface area contributed by atoms with E-state index in [4.69, 9.17) is 10.3 Å². The third kappa shape index (κ3) is 3.27. The average molecular weight is 388 g/mol. The van der Waals surface area contributed by atoms with Gasteiger partial charge in [-0.2, -0.15) is 0 Å². The molecular formula is C19H24N4O3S. The summed E-state index contributed by atoms with van der Waals surface area (Å²) in [5.74, 6) is 0.412. The Morgan fingerprint density at radius 3 is 2.89 bits per heavy atom. The summed E-state index contributed by atoms with van der Waals surface area (Å²) in [5.41, 5.74) is 9.44. The standard InChI is InChI=1S/C19H24N4O3S/c1-11-14(12(2)26-21-11)8-22-7-5-13-15(10-27-17(13)9-22)19(25)23-6-3-4-16(23)18(20)24/h10,16H,3-9H2,1-2H3,(H2,20,24)/t16-/m1/s1. The zero-order chi connectivity index (χ0) is 19.1. The molecule has 7 nitrogen and oxygen atoms in total. The summed E-state index contributed by atoms with van der Waals surface area (Å²) in [7, 11) is 0. The van der Waals surface area contributed by atoms with Crippen LogP contribution in [0.4, 0.5) is 0 Å². The molecule has 2 N–H and O–H groups in total. The van der Waals surface area contributed by atoms with Crippen molar-refractivity contribution in [2.45, 2.75) is 52.2 Å². The Bertz CT molecular complexity index is 868. The van der Waals surface area contributed by atoms with Crippen molar-refractivity contribution in [1.29, 1.82) is 0 Å². The number of carbonyl (C=O) groups is 2.